The van der Waals surface area contributed by atoms with Gasteiger partial charge in [0.2, 0.25) is 5.88 Å². The summed E-state index contributed by atoms with van der Waals surface area (Å²) in [6.45, 7) is 3.55. The number of hydrogen-bond acceptors (Lipinski definition) is 6. The number of rotatable bonds is 5. The van der Waals surface area contributed by atoms with Crippen LogP contribution in [0.1, 0.15) is 30.1 Å². The zero-order valence-electron chi connectivity index (χ0n) is 12.1. The number of hydrogen-bond donors (Lipinski definition) is 1. The first-order valence-corrected chi connectivity index (χ1v) is 6.59. The molecule has 0 radical (unpaired) electrons. The van der Waals surface area contributed by atoms with Crippen molar-refractivity contribution in [1.29, 1.82) is 0 Å². The third-order valence-electron chi connectivity index (χ3n) is 3.40. The van der Waals surface area contributed by atoms with Crippen molar-refractivity contribution >= 4 is 11.8 Å². The first-order chi connectivity index (χ1) is 9.58. The van der Waals surface area contributed by atoms with Crippen molar-refractivity contribution < 1.29 is 19.0 Å². The molecule has 6 heteroatoms. The highest BCUT2D eigenvalue weighted by atomic mass is 16.5. The Morgan fingerprint density at radius 3 is 2.90 bits per heavy atom. The molecular weight excluding hydrogens is 260 g/mol. The highest BCUT2D eigenvalue weighted by Gasteiger charge is 2.29. The second kappa shape index (κ2) is 6.09. The molecule has 1 N–H and O–H groups in total. The SMILES string of the molecule is COC(=O)c1ccc(NCC2(C)CCCO2)nc1OC. The molecule has 6 nitrogen and oxygen atoms in total. The van der Waals surface area contributed by atoms with Gasteiger partial charge in [0.05, 0.1) is 19.8 Å². The molecule has 2 rings (SSSR count). The van der Waals surface area contributed by atoms with E-state index < -0.39 is 5.97 Å². The predicted molar refractivity (Wildman–Crippen MR) is 74.2 cm³/mol. The lowest BCUT2D eigenvalue weighted by Gasteiger charge is -2.23. The third-order valence-corrected chi connectivity index (χ3v) is 3.40. The minimum absolute atomic E-state index is 0.157. The number of aromatic nitrogens is 1. The summed E-state index contributed by atoms with van der Waals surface area (Å²) in [5.41, 5.74) is 0.152. The van der Waals surface area contributed by atoms with Gasteiger partial charge in [0, 0.05) is 13.2 Å². The normalized spacial score (nSPS) is 21.6. The van der Waals surface area contributed by atoms with Gasteiger partial charge in [-0.15, -0.1) is 0 Å². The van der Waals surface area contributed by atoms with Crippen molar-refractivity contribution in [1.82, 2.24) is 4.98 Å². The van der Waals surface area contributed by atoms with E-state index in [2.05, 4.69) is 22.0 Å². The Bertz CT molecular complexity index is 484. The van der Waals surface area contributed by atoms with Crippen LogP contribution in [-0.4, -0.2) is 43.9 Å². The van der Waals surface area contributed by atoms with E-state index in [0.717, 1.165) is 19.4 Å². The number of methoxy groups -OCH3 is 2. The molecule has 1 aliphatic rings. The Morgan fingerprint density at radius 2 is 2.30 bits per heavy atom. The zero-order chi connectivity index (χ0) is 14.6. The molecule has 1 fully saturated rings. The van der Waals surface area contributed by atoms with E-state index >= 15 is 0 Å². The number of nitrogens with zero attached hydrogens (tertiary/aromatic N) is 1. The van der Waals surface area contributed by atoms with Crippen LogP contribution in [-0.2, 0) is 9.47 Å². The smallest absolute Gasteiger partial charge is 0.343 e. The number of esters is 1. The van der Waals surface area contributed by atoms with Gasteiger partial charge in [-0.1, -0.05) is 0 Å². The summed E-state index contributed by atoms with van der Waals surface area (Å²) < 4.78 is 15.5. The Morgan fingerprint density at radius 1 is 1.50 bits per heavy atom. The van der Waals surface area contributed by atoms with Gasteiger partial charge in [-0.2, -0.15) is 4.98 Å². The van der Waals surface area contributed by atoms with Crippen LogP contribution in [0, 0.1) is 0 Å². The summed E-state index contributed by atoms with van der Waals surface area (Å²) >= 11 is 0. The summed E-state index contributed by atoms with van der Waals surface area (Å²) in [6, 6.07) is 3.37. The maximum atomic E-state index is 11.5. The Labute approximate surface area is 118 Å². The maximum Gasteiger partial charge on any atom is 0.343 e. The van der Waals surface area contributed by atoms with E-state index in [4.69, 9.17) is 9.47 Å². The van der Waals surface area contributed by atoms with E-state index in [1.807, 2.05) is 0 Å². The second-order valence-corrected chi connectivity index (χ2v) is 5.00. The number of pyridine rings is 1. The summed E-state index contributed by atoms with van der Waals surface area (Å²) in [4.78, 5) is 15.8. The number of carbonyl (C=O) groups is 1. The summed E-state index contributed by atoms with van der Waals surface area (Å²) in [7, 11) is 2.80. The molecule has 0 aliphatic carbocycles. The van der Waals surface area contributed by atoms with Crippen LogP contribution in [0.5, 0.6) is 5.88 Å². The van der Waals surface area contributed by atoms with E-state index in [9.17, 15) is 4.79 Å². The molecule has 110 valence electrons. The number of ether oxygens (including phenoxy) is 3. The molecular formula is C14H20N2O4. The van der Waals surface area contributed by atoms with Crippen molar-refractivity contribution in [2.75, 3.05) is 32.7 Å². The van der Waals surface area contributed by atoms with Crippen LogP contribution in [0.4, 0.5) is 5.82 Å². The number of nitrogens with one attached hydrogen (secondary N) is 1. The maximum absolute atomic E-state index is 11.5. The topological polar surface area (TPSA) is 69.7 Å². The van der Waals surface area contributed by atoms with Crippen molar-refractivity contribution in [2.45, 2.75) is 25.4 Å². The summed E-state index contributed by atoms with van der Waals surface area (Å²) in [5, 5.41) is 3.22. The van der Waals surface area contributed by atoms with Crippen molar-refractivity contribution in [3.8, 4) is 5.88 Å². The van der Waals surface area contributed by atoms with Crippen LogP contribution >= 0.6 is 0 Å². The van der Waals surface area contributed by atoms with Crippen LogP contribution in [0.25, 0.3) is 0 Å². The predicted octanol–water partition coefficient (Wildman–Crippen LogP) is 1.86. The molecule has 0 aromatic carbocycles. The minimum Gasteiger partial charge on any atom is -0.480 e. The van der Waals surface area contributed by atoms with Gasteiger partial charge in [0.15, 0.2) is 0 Å². The lowest BCUT2D eigenvalue weighted by molar-refractivity contribution is 0.0314. The fourth-order valence-corrected chi connectivity index (χ4v) is 2.21. The van der Waals surface area contributed by atoms with E-state index in [0.29, 0.717) is 17.9 Å². The van der Waals surface area contributed by atoms with E-state index in [-0.39, 0.29) is 11.5 Å². The van der Waals surface area contributed by atoms with E-state index in [1.54, 1.807) is 12.1 Å². The zero-order valence-corrected chi connectivity index (χ0v) is 12.1. The van der Waals surface area contributed by atoms with Gasteiger partial charge in [-0.3, -0.25) is 0 Å². The highest BCUT2D eigenvalue weighted by molar-refractivity contribution is 5.92. The van der Waals surface area contributed by atoms with Crippen molar-refractivity contribution in [2.24, 2.45) is 0 Å². The Balaban J connectivity index is 2.07. The quantitative estimate of drug-likeness (QED) is 0.830. The standard InChI is InChI=1S/C14H20N2O4/c1-14(7-4-8-20-14)9-15-11-6-5-10(13(17)19-3)12(16-11)18-2/h5-6H,4,7-9H2,1-3H3,(H,15,16). The summed E-state index contributed by atoms with van der Waals surface area (Å²) in [6.07, 6.45) is 2.10. The van der Waals surface area contributed by atoms with Gasteiger partial charge >= 0.3 is 5.97 Å². The monoisotopic (exact) mass is 280 g/mol. The van der Waals surface area contributed by atoms with Crippen LogP contribution in [0.15, 0.2) is 12.1 Å². The molecule has 0 spiro atoms. The number of carbonyl (C=O) groups excluding carboxylic acids is 1. The number of anilines is 1. The molecule has 1 unspecified atom stereocenters. The molecule has 1 atom stereocenters. The first-order valence-electron chi connectivity index (χ1n) is 6.59. The van der Waals surface area contributed by atoms with Crippen LogP contribution in [0.2, 0.25) is 0 Å². The fraction of sp³-hybridized carbons (Fsp3) is 0.571. The first kappa shape index (κ1) is 14.6. The van der Waals surface area contributed by atoms with Crippen molar-refractivity contribution in [3.63, 3.8) is 0 Å². The second-order valence-electron chi connectivity index (χ2n) is 5.00. The van der Waals surface area contributed by atoms with Crippen LogP contribution in [0.3, 0.4) is 0 Å². The molecule has 2 heterocycles. The van der Waals surface area contributed by atoms with Gasteiger partial charge in [0.1, 0.15) is 11.4 Å². The van der Waals surface area contributed by atoms with Gasteiger partial charge in [-0.05, 0) is 31.9 Å². The molecule has 1 aromatic heterocycles. The molecule has 0 saturated carbocycles. The van der Waals surface area contributed by atoms with Crippen molar-refractivity contribution in [3.05, 3.63) is 17.7 Å². The minimum atomic E-state index is -0.466. The molecule has 20 heavy (non-hydrogen) atoms. The Kier molecular flexibility index (Phi) is 4.44. The molecule has 0 bridgehead atoms. The Hall–Kier alpha value is -1.82. The van der Waals surface area contributed by atoms with Gasteiger partial charge in [-0.25, -0.2) is 4.79 Å². The third kappa shape index (κ3) is 3.19. The van der Waals surface area contributed by atoms with Gasteiger partial charge in [0.25, 0.3) is 0 Å². The lowest BCUT2D eigenvalue weighted by Crippen LogP contribution is -2.32. The van der Waals surface area contributed by atoms with E-state index in [1.165, 1.54) is 14.2 Å². The van der Waals surface area contributed by atoms with Crippen LogP contribution < -0.4 is 10.1 Å². The molecule has 1 saturated heterocycles. The lowest BCUT2D eigenvalue weighted by atomic mass is 10.0. The average Bonchev–Trinajstić information content (AvgIpc) is 2.91. The molecule has 1 aliphatic heterocycles. The average molecular weight is 280 g/mol. The molecule has 1 aromatic rings. The summed E-state index contributed by atoms with van der Waals surface area (Å²) in [5.74, 6) is 0.428. The molecule has 0 amide bonds. The fourth-order valence-electron chi connectivity index (χ4n) is 2.21. The van der Waals surface area contributed by atoms with Gasteiger partial charge < -0.3 is 19.5 Å². The largest absolute Gasteiger partial charge is 0.480 e. The highest BCUT2D eigenvalue weighted by Crippen LogP contribution is 2.26.